The minimum atomic E-state index is -3.12. The van der Waals surface area contributed by atoms with Crippen molar-refractivity contribution < 1.29 is 27.9 Å². The van der Waals surface area contributed by atoms with Gasteiger partial charge >= 0.3 is 5.97 Å². The number of nitrogens with zero attached hydrogens (tertiary/aromatic N) is 2. The second kappa shape index (κ2) is 8.52. The number of carbonyl (C=O) groups is 2. The minimum Gasteiger partial charge on any atom is -0.496 e. The van der Waals surface area contributed by atoms with Gasteiger partial charge in [-0.3, -0.25) is 9.59 Å². The van der Waals surface area contributed by atoms with Crippen LogP contribution >= 0.6 is 11.8 Å². The maximum absolute atomic E-state index is 12.2. The van der Waals surface area contributed by atoms with Crippen LogP contribution in [0.4, 0.5) is 0 Å². The van der Waals surface area contributed by atoms with Gasteiger partial charge in [0.05, 0.1) is 24.7 Å². The Kier molecular flexibility index (Phi) is 6.29. The second-order valence-corrected chi connectivity index (χ2v) is 10.1. The first-order chi connectivity index (χ1) is 13.3. The number of hydrogen-bond acceptors (Lipinski definition) is 6. The van der Waals surface area contributed by atoms with Crippen LogP contribution in [0.15, 0.2) is 29.3 Å². The van der Waals surface area contributed by atoms with Crippen molar-refractivity contribution in [1.29, 1.82) is 0 Å². The molecule has 0 saturated carbocycles. The monoisotopic (exact) mass is 426 g/mol. The molecule has 0 aromatic heterocycles. The van der Waals surface area contributed by atoms with Gasteiger partial charge in [0.15, 0.2) is 15.0 Å². The van der Waals surface area contributed by atoms with Crippen molar-refractivity contribution in [3.05, 3.63) is 29.8 Å². The molecular weight excluding hydrogens is 404 g/mol. The first-order valence-electron chi connectivity index (χ1n) is 8.88. The van der Waals surface area contributed by atoms with Gasteiger partial charge in [0.1, 0.15) is 5.75 Å². The maximum Gasteiger partial charge on any atom is 0.303 e. The van der Waals surface area contributed by atoms with E-state index in [1.807, 2.05) is 29.2 Å². The average molecular weight is 427 g/mol. The summed E-state index contributed by atoms with van der Waals surface area (Å²) >= 11 is 1.31. The lowest BCUT2D eigenvalue weighted by Gasteiger charge is -2.25. The van der Waals surface area contributed by atoms with Crippen LogP contribution in [-0.4, -0.2) is 65.4 Å². The minimum absolute atomic E-state index is 0.0338. The number of sulfone groups is 1. The molecule has 2 saturated heterocycles. The molecule has 8 nitrogen and oxygen atoms in total. The Morgan fingerprint density at radius 3 is 2.75 bits per heavy atom. The molecule has 0 radical (unpaired) electrons. The molecule has 152 valence electrons. The van der Waals surface area contributed by atoms with Crippen LogP contribution in [0.1, 0.15) is 24.8 Å². The van der Waals surface area contributed by atoms with Crippen LogP contribution in [0, 0.1) is 0 Å². The Hall–Kier alpha value is -2.07. The van der Waals surface area contributed by atoms with E-state index in [0.717, 1.165) is 5.56 Å². The van der Waals surface area contributed by atoms with Crippen LogP contribution in [0.2, 0.25) is 0 Å². The molecule has 1 N–H and O–H groups in total. The van der Waals surface area contributed by atoms with E-state index in [0.29, 0.717) is 17.5 Å². The smallest absolute Gasteiger partial charge is 0.303 e. The number of carboxylic acids is 1. The van der Waals surface area contributed by atoms with Crippen molar-refractivity contribution in [3.63, 3.8) is 0 Å². The van der Waals surface area contributed by atoms with Gasteiger partial charge in [0, 0.05) is 30.2 Å². The van der Waals surface area contributed by atoms with Crippen molar-refractivity contribution in [3.8, 4) is 5.75 Å². The molecule has 1 aromatic carbocycles. The molecule has 1 amide bonds. The molecule has 1 aromatic rings. The Labute approximate surface area is 167 Å². The molecular formula is C18H22N2O6S2. The number of ether oxygens (including phenoxy) is 1. The summed E-state index contributed by atoms with van der Waals surface area (Å²) in [5, 5.41) is 9.03. The summed E-state index contributed by atoms with van der Waals surface area (Å²) in [6.07, 6.45) is 0.188. The number of aliphatic carboxylic acids is 1. The molecule has 2 heterocycles. The molecule has 0 spiro atoms. The molecule has 2 fully saturated rings. The van der Waals surface area contributed by atoms with Gasteiger partial charge < -0.3 is 14.7 Å². The van der Waals surface area contributed by atoms with Gasteiger partial charge in [-0.2, -0.15) is 4.99 Å². The zero-order chi connectivity index (χ0) is 20.3. The number of hydrogen-bond donors (Lipinski definition) is 1. The zero-order valence-electron chi connectivity index (χ0n) is 15.4. The van der Waals surface area contributed by atoms with E-state index < -0.39 is 21.7 Å². The number of methoxy groups -OCH3 is 1. The predicted molar refractivity (Wildman–Crippen MR) is 106 cm³/mol. The van der Waals surface area contributed by atoms with Crippen molar-refractivity contribution in [1.82, 2.24) is 4.90 Å². The largest absolute Gasteiger partial charge is 0.496 e. The van der Waals surface area contributed by atoms with Crippen molar-refractivity contribution >= 4 is 38.6 Å². The van der Waals surface area contributed by atoms with E-state index in [2.05, 4.69) is 4.99 Å². The van der Waals surface area contributed by atoms with E-state index in [1.54, 1.807) is 7.11 Å². The number of fused-ring (bicyclic) bond motifs is 1. The summed E-state index contributed by atoms with van der Waals surface area (Å²) in [6, 6.07) is 7.20. The van der Waals surface area contributed by atoms with Crippen LogP contribution in [-0.2, 0) is 26.0 Å². The Bertz CT molecular complexity index is 899. The highest BCUT2D eigenvalue weighted by molar-refractivity contribution is 8.15. The Morgan fingerprint density at radius 2 is 2.04 bits per heavy atom. The van der Waals surface area contributed by atoms with Crippen LogP contribution in [0.5, 0.6) is 5.75 Å². The summed E-state index contributed by atoms with van der Waals surface area (Å²) in [4.78, 5) is 28.8. The van der Waals surface area contributed by atoms with Gasteiger partial charge in [-0.05, 0) is 12.5 Å². The number of para-hydroxylation sites is 1. The fourth-order valence-electron chi connectivity index (χ4n) is 3.39. The first-order valence-corrected chi connectivity index (χ1v) is 11.6. The standard InChI is InChI=1S/C18H22N2O6S2/c1-26-14-6-3-2-5-12(14)9-20-13-10-28(24,25)11-15(13)27-18(20)19-16(21)7-4-8-17(22)23/h2-3,5-6,13,15H,4,7-11H2,1H3,(H,22,23)/t13-,15+/m1/s1. The lowest BCUT2D eigenvalue weighted by Crippen LogP contribution is -2.37. The third-order valence-corrected chi connectivity index (χ3v) is 7.96. The van der Waals surface area contributed by atoms with Gasteiger partial charge in [0.25, 0.3) is 0 Å². The molecule has 0 bridgehead atoms. The number of carbonyl (C=O) groups excluding carboxylic acids is 1. The van der Waals surface area contributed by atoms with E-state index in [4.69, 9.17) is 9.84 Å². The molecule has 28 heavy (non-hydrogen) atoms. The highest BCUT2D eigenvalue weighted by atomic mass is 32.2. The zero-order valence-corrected chi connectivity index (χ0v) is 17.0. The normalized spacial score (nSPS) is 24.3. The SMILES string of the molecule is COc1ccccc1CN1C(=NC(=O)CCCC(=O)O)S[C@H]2CS(=O)(=O)C[C@H]21. The van der Waals surface area contributed by atoms with Gasteiger partial charge in [0.2, 0.25) is 5.91 Å². The van der Waals surface area contributed by atoms with E-state index >= 15 is 0 Å². The summed E-state index contributed by atoms with van der Waals surface area (Å²) < 4.78 is 29.5. The number of benzene rings is 1. The van der Waals surface area contributed by atoms with Crippen molar-refractivity contribution in [2.75, 3.05) is 18.6 Å². The number of aliphatic imine (C=N–C) groups is 1. The second-order valence-electron chi connectivity index (χ2n) is 6.78. The Morgan fingerprint density at radius 1 is 1.29 bits per heavy atom. The molecule has 2 aliphatic rings. The summed E-state index contributed by atoms with van der Waals surface area (Å²) in [5.74, 6) is -0.558. The average Bonchev–Trinajstić information content (AvgIpc) is 3.07. The highest BCUT2D eigenvalue weighted by Crippen LogP contribution is 2.39. The third-order valence-electron chi connectivity index (χ3n) is 4.71. The highest BCUT2D eigenvalue weighted by Gasteiger charge is 2.48. The number of carboxylic acid groups (broad SMARTS) is 1. The molecule has 0 unspecified atom stereocenters. The van der Waals surface area contributed by atoms with Crippen molar-refractivity contribution in [2.45, 2.75) is 37.1 Å². The van der Waals surface area contributed by atoms with Crippen LogP contribution in [0.25, 0.3) is 0 Å². The van der Waals surface area contributed by atoms with E-state index in [-0.39, 0.29) is 42.1 Å². The van der Waals surface area contributed by atoms with Crippen LogP contribution in [0.3, 0.4) is 0 Å². The van der Waals surface area contributed by atoms with Gasteiger partial charge in [-0.25, -0.2) is 8.42 Å². The van der Waals surface area contributed by atoms with Gasteiger partial charge in [-0.1, -0.05) is 30.0 Å². The maximum atomic E-state index is 12.2. The summed E-state index contributed by atoms with van der Waals surface area (Å²) in [6.45, 7) is 0.384. The predicted octanol–water partition coefficient (Wildman–Crippen LogP) is 1.55. The van der Waals surface area contributed by atoms with Crippen molar-refractivity contribution in [2.24, 2.45) is 4.99 Å². The van der Waals surface area contributed by atoms with E-state index in [9.17, 15) is 18.0 Å². The number of amidine groups is 1. The molecule has 10 heteroatoms. The third kappa shape index (κ3) is 4.85. The van der Waals surface area contributed by atoms with E-state index in [1.165, 1.54) is 11.8 Å². The molecule has 0 aliphatic carbocycles. The lowest BCUT2D eigenvalue weighted by molar-refractivity contribution is -0.137. The van der Waals surface area contributed by atoms with Gasteiger partial charge in [-0.15, -0.1) is 0 Å². The topological polar surface area (TPSA) is 113 Å². The van der Waals surface area contributed by atoms with Crippen LogP contribution < -0.4 is 4.74 Å². The fourth-order valence-corrected chi connectivity index (χ4v) is 7.36. The summed E-state index contributed by atoms with van der Waals surface area (Å²) in [7, 11) is -1.55. The first kappa shape index (κ1) is 20.7. The number of thioether (sulfide) groups is 1. The molecule has 2 aliphatic heterocycles. The number of rotatable bonds is 7. The summed E-state index contributed by atoms with van der Waals surface area (Å²) in [5.41, 5.74) is 0.876. The molecule has 3 rings (SSSR count). The fraction of sp³-hybridized carbons (Fsp3) is 0.500. The lowest BCUT2D eigenvalue weighted by atomic mass is 10.1. The quantitative estimate of drug-likeness (QED) is 0.699. The molecule has 2 atom stereocenters. The Balaban J connectivity index is 1.81. The number of amides is 1.